The normalized spacial score (nSPS) is 11.1. The minimum atomic E-state index is -0.441. The number of nitro benzene ring substituents is 1. The lowest BCUT2D eigenvalue weighted by Crippen LogP contribution is -1.93. The van der Waals surface area contributed by atoms with Crippen molar-refractivity contribution in [2.75, 3.05) is 0 Å². The van der Waals surface area contributed by atoms with Gasteiger partial charge in [-0.1, -0.05) is 53.8 Å². The second-order valence-electron chi connectivity index (χ2n) is 5.97. The molecule has 0 aliphatic heterocycles. The van der Waals surface area contributed by atoms with Gasteiger partial charge < -0.3 is 0 Å². The van der Waals surface area contributed by atoms with Crippen LogP contribution in [0.25, 0.3) is 38.3 Å². The second kappa shape index (κ2) is 6.35. The van der Waals surface area contributed by atoms with E-state index < -0.39 is 4.92 Å². The Labute approximate surface area is 161 Å². The third kappa shape index (κ3) is 2.72. The highest BCUT2D eigenvalue weighted by atomic mass is 32.1. The topological polar surface area (TPSA) is 115 Å². The van der Waals surface area contributed by atoms with Crippen molar-refractivity contribution in [3.63, 3.8) is 0 Å². The summed E-state index contributed by atoms with van der Waals surface area (Å²) in [7, 11) is 0. The molecule has 2 aromatic carbocycles. The first-order valence-corrected chi connectivity index (χ1v) is 9.09. The maximum absolute atomic E-state index is 11.0. The summed E-state index contributed by atoms with van der Waals surface area (Å²) >= 11 is 1.36. The minimum Gasteiger partial charge on any atom is -0.275 e. The molecule has 5 rings (SSSR count). The maximum Gasteiger partial charge on any atom is 0.270 e. The quantitative estimate of drug-likeness (QED) is 0.369. The molecule has 0 bridgehead atoms. The van der Waals surface area contributed by atoms with Gasteiger partial charge in [0.15, 0.2) is 10.8 Å². The average Bonchev–Trinajstić information content (AvgIpc) is 3.44. The van der Waals surface area contributed by atoms with Crippen molar-refractivity contribution >= 4 is 22.0 Å². The monoisotopic (exact) mass is 389 g/mol. The molecule has 3 heterocycles. The van der Waals surface area contributed by atoms with Gasteiger partial charge in [-0.3, -0.25) is 15.2 Å². The summed E-state index contributed by atoms with van der Waals surface area (Å²) < 4.78 is 1.59. The number of nitrogens with one attached hydrogen (secondary N) is 1. The molecule has 136 valence electrons. The van der Waals surface area contributed by atoms with E-state index in [1.165, 1.54) is 23.5 Å². The lowest BCUT2D eigenvalue weighted by Gasteiger charge is -1.97. The molecule has 0 amide bonds. The van der Waals surface area contributed by atoms with Gasteiger partial charge in [-0.15, -0.1) is 10.2 Å². The molecule has 10 heteroatoms. The largest absolute Gasteiger partial charge is 0.275 e. The molecule has 0 unspecified atom stereocenters. The zero-order valence-corrected chi connectivity index (χ0v) is 15.0. The third-order valence-electron chi connectivity index (χ3n) is 4.18. The molecule has 5 aromatic rings. The molecule has 28 heavy (non-hydrogen) atoms. The average molecular weight is 389 g/mol. The molecule has 3 aromatic heterocycles. The first kappa shape index (κ1) is 16.3. The molecule has 0 saturated carbocycles. The lowest BCUT2D eigenvalue weighted by atomic mass is 10.1. The van der Waals surface area contributed by atoms with Gasteiger partial charge in [0.1, 0.15) is 0 Å². The number of nitrogens with zero attached hydrogens (tertiary/aromatic N) is 6. The van der Waals surface area contributed by atoms with Crippen molar-refractivity contribution in [2.45, 2.75) is 0 Å². The zero-order valence-electron chi connectivity index (χ0n) is 14.2. The van der Waals surface area contributed by atoms with Crippen molar-refractivity contribution in [3.8, 4) is 33.3 Å². The van der Waals surface area contributed by atoms with Gasteiger partial charge in [0.05, 0.1) is 16.3 Å². The maximum atomic E-state index is 11.0. The number of hydrogen-bond donors (Lipinski definition) is 1. The summed E-state index contributed by atoms with van der Waals surface area (Å²) in [6.07, 6.45) is 0. The van der Waals surface area contributed by atoms with Crippen LogP contribution in [0.1, 0.15) is 0 Å². The number of H-pyrrole nitrogens is 1. The summed E-state index contributed by atoms with van der Waals surface area (Å²) in [5, 5.41) is 31.9. The smallest absolute Gasteiger partial charge is 0.270 e. The molecular weight excluding hydrogens is 378 g/mol. The van der Waals surface area contributed by atoms with E-state index in [0.29, 0.717) is 21.4 Å². The molecule has 0 saturated heterocycles. The van der Waals surface area contributed by atoms with E-state index in [2.05, 4.69) is 25.5 Å². The molecule has 0 spiro atoms. The zero-order chi connectivity index (χ0) is 19.1. The molecule has 0 fully saturated rings. The van der Waals surface area contributed by atoms with Crippen LogP contribution in [0.15, 0.2) is 60.7 Å². The molecule has 1 N–H and O–H groups in total. The van der Waals surface area contributed by atoms with Crippen LogP contribution >= 0.6 is 11.3 Å². The Morgan fingerprint density at radius 3 is 2.64 bits per heavy atom. The molecule has 0 aliphatic rings. The predicted octanol–water partition coefficient (Wildman–Crippen LogP) is 3.82. The standard InChI is InChI=1S/C18H11N7O2S/c26-25(27)13-8-4-7-12(9-13)16-21-22-18-24(16)23-17(28-18)15-10-14(19-20-15)11-5-2-1-3-6-11/h1-10H,(H,19,20). The van der Waals surface area contributed by atoms with Gasteiger partial charge in [0, 0.05) is 23.3 Å². The molecule has 0 atom stereocenters. The van der Waals surface area contributed by atoms with Gasteiger partial charge in [-0.25, -0.2) is 0 Å². The molecular formula is C18H11N7O2S. The van der Waals surface area contributed by atoms with Crippen molar-refractivity contribution < 1.29 is 4.92 Å². The van der Waals surface area contributed by atoms with Crippen LogP contribution in [0.2, 0.25) is 0 Å². The summed E-state index contributed by atoms with van der Waals surface area (Å²) in [5.41, 5.74) is 3.16. The first-order chi connectivity index (χ1) is 13.7. The van der Waals surface area contributed by atoms with E-state index in [1.54, 1.807) is 16.6 Å². The Bertz CT molecular complexity index is 1310. The van der Waals surface area contributed by atoms with Crippen molar-refractivity contribution in [3.05, 3.63) is 70.8 Å². The highest BCUT2D eigenvalue weighted by molar-refractivity contribution is 7.19. The van der Waals surface area contributed by atoms with E-state index in [-0.39, 0.29) is 5.69 Å². The van der Waals surface area contributed by atoms with Crippen LogP contribution in [0.5, 0.6) is 0 Å². The van der Waals surface area contributed by atoms with E-state index in [1.807, 2.05) is 36.4 Å². The number of fused-ring (bicyclic) bond motifs is 1. The fourth-order valence-corrected chi connectivity index (χ4v) is 3.66. The Balaban J connectivity index is 1.55. The summed E-state index contributed by atoms with van der Waals surface area (Å²) in [5.74, 6) is 0.448. The van der Waals surface area contributed by atoms with E-state index in [9.17, 15) is 10.1 Å². The summed E-state index contributed by atoms with van der Waals surface area (Å²) in [4.78, 5) is 11.2. The van der Waals surface area contributed by atoms with E-state index >= 15 is 0 Å². The second-order valence-corrected chi connectivity index (χ2v) is 6.92. The Kier molecular flexibility index (Phi) is 3.69. The van der Waals surface area contributed by atoms with Gasteiger partial charge in [0.25, 0.3) is 5.69 Å². The fraction of sp³-hybridized carbons (Fsp3) is 0. The Hall–Kier alpha value is -3.92. The highest BCUT2D eigenvalue weighted by Gasteiger charge is 2.17. The Morgan fingerprint density at radius 2 is 1.82 bits per heavy atom. The van der Waals surface area contributed by atoms with E-state index in [0.717, 1.165) is 17.0 Å². The van der Waals surface area contributed by atoms with Crippen LogP contribution in [0.4, 0.5) is 5.69 Å². The summed E-state index contributed by atoms with van der Waals surface area (Å²) in [6.45, 7) is 0. The van der Waals surface area contributed by atoms with Gasteiger partial charge in [-0.05, 0) is 6.07 Å². The number of hydrogen-bond acceptors (Lipinski definition) is 7. The van der Waals surface area contributed by atoms with Gasteiger partial charge >= 0.3 is 0 Å². The molecule has 9 nitrogen and oxygen atoms in total. The number of rotatable bonds is 4. The molecule has 0 radical (unpaired) electrons. The predicted molar refractivity (Wildman–Crippen MR) is 104 cm³/mol. The minimum absolute atomic E-state index is 0.00854. The van der Waals surface area contributed by atoms with Crippen molar-refractivity contribution in [1.29, 1.82) is 0 Å². The Morgan fingerprint density at radius 1 is 1.00 bits per heavy atom. The van der Waals surface area contributed by atoms with Gasteiger partial charge in [-0.2, -0.15) is 14.7 Å². The van der Waals surface area contributed by atoms with Crippen LogP contribution in [0.3, 0.4) is 0 Å². The SMILES string of the molecule is O=[N+]([O-])c1cccc(-c2nnc3sc(-c4cc(-c5ccccc5)n[nH]4)nn23)c1. The summed E-state index contributed by atoms with van der Waals surface area (Å²) in [6, 6.07) is 18.0. The third-order valence-corrected chi connectivity index (χ3v) is 5.12. The van der Waals surface area contributed by atoms with Crippen LogP contribution < -0.4 is 0 Å². The van der Waals surface area contributed by atoms with Crippen LogP contribution in [-0.4, -0.2) is 34.9 Å². The van der Waals surface area contributed by atoms with E-state index in [4.69, 9.17) is 0 Å². The molecule has 0 aliphatic carbocycles. The number of non-ortho nitro benzene ring substituents is 1. The number of benzene rings is 2. The van der Waals surface area contributed by atoms with Gasteiger partial charge in [0.2, 0.25) is 4.96 Å². The lowest BCUT2D eigenvalue weighted by molar-refractivity contribution is -0.384. The number of aromatic nitrogens is 6. The first-order valence-electron chi connectivity index (χ1n) is 8.27. The van der Waals surface area contributed by atoms with Crippen LogP contribution in [0, 0.1) is 10.1 Å². The number of aromatic amines is 1. The number of nitro groups is 1. The fourth-order valence-electron chi connectivity index (χ4n) is 2.85. The van der Waals surface area contributed by atoms with Crippen molar-refractivity contribution in [2.24, 2.45) is 0 Å². The van der Waals surface area contributed by atoms with Crippen molar-refractivity contribution in [1.82, 2.24) is 30.0 Å². The van der Waals surface area contributed by atoms with Crippen LogP contribution in [-0.2, 0) is 0 Å². The highest BCUT2D eigenvalue weighted by Crippen LogP contribution is 2.30.